The van der Waals surface area contributed by atoms with E-state index in [1.165, 1.54) is 17.5 Å². The average molecular weight is 626 g/mol. The molecule has 9 rings (SSSR count). The Hall–Kier alpha value is -2.49. The van der Waals surface area contributed by atoms with E-state index in [9.17, 15) is 13.2 Å². The van der Waals surface area contributed by atoms with Gasteiger partial charge in [0, 0.05) is 48.6 Å². The minimum absolute atomic E-state index is 0.0388. The third kappa shape index (κ3) is 4.72. The lowest BCUT2D eigenvalue weighted by molar-refractivity contribution is -0.0918. The van der Waals surface area contributed by atoms with Crippen LogP contribution in [0.4, 0.5) is 10.5 Å². The molecule has 2 aromatic carbocycles. The van der Waals surface area contributed by atoms with E-state index in [-0.39, 0.29) is 21.8 Å². The maximum absolute atomic E-state index is 13.6. The Morgan fingerprint density at radius 2 is 1.79 bits per heavy atom. The van der Waals surface area contributed by atoms with E-state index in [2.05, 4.69) is 21.8 Å². The van der Waals surface area contributed by atoms with Crippen molar-refractivity contribution in [2.24, 2.45) is 17.3 Å². The average Bonchev–Trinajstić information content (AvgIpc) is 3.31. The van der Waals surface area contributed by atoms with Crippen molar-refractivity contribution >= 4 is 33.3 Å². The molecule has 1 unspecified atom stereocenters. The first kappa shape index (κ1) is 28.0. The Morgan fingerprint density at radius 1 is 0.930 bits per heavy atom. The number of urea groups is 1. The second-order valence-corrected chi connectivity index (χ2v) is 16.1. The molecular weight excluding hydrogens is 586 g/mol. The number of amides is 2. The van der Waals surface area contributed by atoms with Crippen LogP contribution in [0.2, 0.25) is 5.02 Å². The van der Waals surface area contributed by atoms with Gasteiger partial charge in [0.25, 0.3) is 10.0 Å². The summed E-state index contributed by atoms with van der Waals surface area (Å²) in [6.07, 6.45) is 9.71. The van der Waals surface area contributed by atoms with Crippen LogP contribution in [0.3, 0.4) is 0 Å². The van der Waals surface area contributed by atoms with E-state index in [1.54, 1.807) is 23.1 Å². The highest BCUT2D eigenvalue weighted by molar-refractivity contribution is 7.90. The maximum Gasteiger partial charge on any atom is 0.331 e. The first-order valence-electron chi connectivity index (χ1n) is 16.0. The van der Waals surface area contributed by atoms with Gasteiger partial charge in [0.05, 0.1) is 23.3 Å². The van der Waals surface area contributed by atoms with Gasteiger partial charge in [-0.3, -0.25) is 0 Å². The van der Waals surface area contributed by atoms with Crippen molar-refractivity contribution in [3.8, 4) is 5.75 Å². The van der Waals surface area contributed by atoms with Gasteiger partial charge in [-0.05, 0) is 105 Å². The second kappa shape index (κ2) is 10.3. The number of anilines is 1. The molecule has 2 saturated carbocycles. The zero-order chi connectivity index (χ0) is 29.4. The summed E-state index contributed by atoms with van der Waals surface area (Å²) < 4.78 is 42.6. The first-order chi connectivity index (χ1) is 20.7. The highest BCUT2D eigenvalue weighted by Crippen LogP contribution is 2.49. The summed E-state index contributed by atoms with van der Waals surface area (Å²) in [4.78, 5) is 17.2. The molecule has 230 valence electrons. The smallest absolute Gasteiger partial charge is 0.331 e. The summed E-state index contributed by atoms with van der Waals surface area (Å²) >= 11 is 6.41. The molecule has 43 heavy (non-hydrogen) atoms. The lowest BCUT2D eigenvalue weighted by atomic mass is 9.69. The Kier molecular flexibility index (Phi) is 6.70. The number of halogens is 1. The fourth-order valence-corrected chi connectivity index (χ4v) is 10.2. The molecule has 0 aromatic heterocycles. The maximum atomic E-state index is 13.6. The van der Waals surface area contributed by atoms with Crippen LogP contribution in [0.25, 0.3) is 0 Å². The van der Waals surface area contributed by atoms with E-state index >= 15 is 0 Å². The summed E-state index contributed by atoms with van der Waals surface area (Å²) in [7, 11) is -4.08. The van der Waals surface area contributed by atoms with Crippen LogP contribution < -0.4 is 14.4 Å². The first-order valence-corrected chi connectivity index (χ1v) is 17.8. The number of aryl methyl sites for hydroxylation is 1. The molecule has 4 bridgehead atoms. The van der Waals surface area contributed by atoms with Gasteiger partial charge in [-0.1, -0.05) is 24.1 Å². The van der Waals surface area contributed by atoms with Crippen molar-refractivity contribution in [2.75, 3.05) is 44.3 Å². The third-order valence-corrected chi connectivity index (χ3v) is 13.1. The van der Waals surface area contributed by atoms with Crippen molar-refractivity contribution in [1.29, 1.82) is 0 Å². The molecule has 2 spiro atoms. The number of rotatable bonds is 0. The Bertz CT molecular complexity index is 1560. The highest BCUT2D eigenvalue weighted by atomic mass is 35.5. The molecule has 2 amide bonds. The van der Waals surface area contributed by atoms with Crippen LogP contribution in [-0.2, 0) is 26.6 Å². The van der Waals surface area contributed by atoms with Crippen molar-refractivity contribution in [3.05, 3.63) is 52.5 Å². The van der Waals surface area contributed by atoms with E-state index in [4.69, 9.17) is 21.1 Å². The highest BCUT2D eigenvalue weighted by Gasteiger charge is 2.54. The van der Waals surface area contributed by atoms with Gasteiger partial charge in [-0.15, -0.1) is 0 Å². The molecule has 7 aliphatic rings. The Morgan fingerprint density at radius 3 is 2.63 bits per heavy atom. The fourth-order valence-electron chi connectivity index (χ4n) is 8.99. The van der Waals surface area contributed by atoms with Crippen LogP contribution in [-0.4, -0.2) is 64.8 Å². The van der Waals surface area contributed by atoms with E-state index in [0.29, 0.717) is 37.3 Å². The molecule has 2 aromatic rings. The lowest BCUT2D eigenvalue weighted by Gasteiger charge is -2.51. The number of carbonyl (C=O) groups excluding carboxylic acids is 1. The topological polar surface area (TPSA) is 88.2 Å². The molecule has 1 saturated heterocycles. The van der Waals surface area contributed by atoms with Crippen LogP contribution in [0, 0.1) is 17.3 Å². The van der Waals surface area contributed by atoms with Gasteiger partial charge >= 0.3 is 6.03 Å². The minimum atomic E-state index is -4.08. The standard InChI is InChI=1S/C33H40ClN3O5S/c34-25-7-9-27-23(15-25)3-1-13-33(27)20-36-17-24-6-5-22(24)11-14-41-30-4-2-12-32(30)18-37(19-32)31(38)35-43(39,40)26-8-10-29(42-21-33)28(36)16-26/h7-10,15-16,22,24,30H,1-6,11-14,17-21H2,(H,35,38)/t22-,24-,30?,33-/m0/s1. The lowest BCUT2D eigenvalue weighted by Crippen LogP contribution is -2.64. The summed E-state index contributed by atoms with van der Waals surface area (Å²) in [5.74, 6) is 1.78. The van der Waals surface area contributed by atoms with Gasteiger partial charge in [-0.25, -0.2) is 17.9 Å². The summed E-state index contributed by atoms with van der Waals surface area (Å²) in [6, 6.07) is 10.7. The van der Waals surface area contributed by atoms with Gasteiger partial charge < -0.3 is 19.3 Å². The Balaban J connectivity index is 1.17. The number of nitrogens with one attached hydrogen (secondary N) is 1. The Labute approximate surface area is 259 Å². The number of hydrogen-bond donors (Lipinski definition) is 1. The third-order valence-electron chi connectivity index (χ3n) is 11.5. The molecule has 8 nitrogen and oxygen atoms in total. The molecule has 3 fully saturated rings. The van der Waals surface area contributed by atoms with Gasteiger partial charge in [0.15, 0.2) is 0 Å². The molecule has 4 heterocycles. The molecule has 10 heteroatoms. The zero-order valence-corrected chi connectivity index (χ0v) is 26.1. The summed E-state index contributed by atoms with van der Waals surface area (Å²) in [5.41, 5.74) is 3.09. The number of benzene rings is 2. The predicted molar refractivity (Wildman–Crippen MR) is 164 cm³/mol. The number of ether oxygens (including phenoxy) is 2. The van der Waals surface area contributed by atoms with E-state index in [0.717, 1.165) is 81.8 Å². The molecule has 0 radical (unpaired) electrons. The number of sulfonamides is 1. The van der Waals surface area contributed by atoms with Crippen molar-refractivity contribution in [3.63, 3.8) is 0 Å². The number of carbonyl (C=O) groups is 1. The minimum Gasteiger partial charge on any atom is -0.490 e. The largest absolute Gasteiger partial charge is 0.490 e. The molecule has 3 aliphatic carbocycles. The molecular formula is C33H40ClN3O5S. The summed E-state index contributed by atoms with van der Waals surface area (Å²) in [5, 5.41) is 0.753. The quantitative estimate of drug-likeness (QED) is 0.415. The van der Waals surface area contributed by atoms with Crippen LogP contribution in [0.1, 0.15) is 62.5 Å². The normalized spacial score (nSPS) is 32.5. The van der Waals surface area contributed by atoms with E-state index < -0.39 is 16.1 Å². The summed E-state index contributed by atoms with van der Waals surface area (Å²) in [6.45, 7) is 3.94. The predicted octanol–water partition coefficient (Wildman–Crippen LogP) is 5.51. The number of hydrogen-bond acceptors (Lipinski definition) is 6. The fraction of sp³-hybridized carbons (Fsp3) is 0.606. The number of fused-ring (bicyclic) bond motifs is 6. The van der Waals surface area contributed by atoms with Gasteiger partial charge in [0.2, 0.25) is 0 Å². The van der Waals surface area contributed by atoms with Crippen LogP contribution in [0.15, 0.2) is 41.3 Å². The molecule has 4 aliphatic heterocycles. The van der Waals surface area contributed by atoms with Crippen molar-refractivity contribution in [2.45, 2.75) is 74.2 Å². The zero-order valence-electron chi connectivity index (χ0n) is 24.5. The molecule has 4 atom stereocenters. The number of nitrogens with zero attached hydrogens (tertiary/aromatic N) is 2. The molecule has 1 N–H and O–H groups in total. The van der Waals surface area contributed by atoms with Crippen LogP contribution >= 0.6 is 11.6 Å². The van der Waals surface area contributed by atoms with Gasteiger partial charge in [0.1, 0.15) is 5.75 Å². The second-order valence-electron chi connectivity index (χ2n) is 14.0. The van der Waals surface area contributed by atoms with Crippen molar-refractivity contribution in [1.82, 2.24) is 9.62 Å². The van der Waals surface area contributed by atoms with Crippen molar-refractivity contribution < 1.29 is 22.7 Å². The van der Waals surface area contributed by atoms with Crippen LogP contribution in [0.5, 0.6) is 5.75 Å². The van der Waals surface area contributed by atoms with Gasteiger partial charge in [-0.2, -0.15) is 0 Å². The monoisotopic (exact) mass is 625 g/mol. The van der Waals surface area contributed by atoms with E-state index in [1.807, 2.05) is 6.07 Å². The SMILES string of the molecule is O=C1NS(=O)(=O)c2ccc3c(c2)N(C[C@@H]2CC[C@H]2CCOC2CCCC24CN1C4)C[C@@]1(CCCc2cc(Cl)ccc21)CO3.